The highest BCUT2D eigenvalue weighted by molar-refractivity contribution is 7.89. The maximum atomic E-state index is 12.7. The molecular weight excluding hydrogens is 338 g/mol. The van der Waals surface area contributed by atoms with Gasteiger partial charge >= 0.3 is 0 Å². The van der Waals surface area contributed by atoms with Gasteiger partial charge in [-0.05, 0) is 24.6 Å². The fraction of sp³-hybridized carbons (Fsp3) is 0.467. The van der Waals surface area contributed by atoms with Crippen molar-refractivity contribution in [1.82, 2.24) is 14.4 Å². The summed E-state index contributed by atoms with van der Waals surface area (Å²) in [6.07, 6.45) is 0. The molecular formula is C15H18ClN3O3S. The van der Waals surface area contributed by atoms with Gasteiger partial charge in [0, 0.05) is 24.0 Å². The van der Waals surface area contributed by atoms with Crippen molar-refractivity contribution in [3.8, 4) is 0 Å². The molecule has 1 aromatic carbocycles. The van der Waals surface area contributed by atoms with Crippen LogP contribution in [0.4, 0.5) is 0 Å². The lowest BCUT2D eigenvalue weighted by Gasteiger charge is -2.36. The molecule has 3 rings (SSSR count). The summed E-state index contributed by atoms with van der Waals surface area (Å²) in [5, 5.41) is 4.36. The van der Waals surface area contributed by atoms with Crippen LogP contribution in [0.1, 0.15) is 43.0 Å². The summed E-state index contributed by atoms with van der Waals surface area (Å²) in [6, 6.07) is 4.90. The molecule has 8 heteroatoms. The number of benzene rings is 1. The smallest absolute Gasteiger partial charge is 0.243 e. The van der Waals surface area contributed by atoms with Gasteiger partial charge in [0.1, 0.15) is 0 Å². The molecule has 0 atom stereocenters. The van der Waals surface area contributed by atoms with E-state index in [1.54, 1.807) is 25.1 Å². The average Bonchev–Trinajstić information content (AvgIpc) is 2.89. The second kappa shape index (κ2) is 5.89. The molecule has 23 heavy (non-hydrogen) atoms. The first-order valence-corrected chi connectivity index (χ1v) is 9.21. The van der Waals surface area contributed by atoms with Crippen molar-refractivity contribution < 1.29 is 12.9 Å². The van der Waals surface area contributed by atoms with Crippen molar-refractivity contribution >= 4 is 21.6 Å². The van der Waals surface area contributed by atoms with Crippen LogP contribution >= 0.6 is 11.6 Å². The van der Waals surface area contributed by atoms with E-state index in [0.29, 0.717) is 35.4 Å². The Morgan fingerprint density at radius 2 is 2.04 bits per heavy atom. The average molecular weight is 356 g/mol. The van der Waals surface area contributed by atoms with E-state index in [2.05, 4.69) is 10.1 Å². The number of nitrogens with zero attached hydrogens (tertiary/aromatic N) is 3. The molecule has 1 fully saturated rings. The van der Waals surface area contributed by atoms with E-state index in [-0.39, 0.29) is 16.7 Å². The van der Waals surface area contributed by atoms with Crippen LogP contribution in [-0.2, 0) is 10.0 Å². The minimum absolute atomic E-state index is 0.0516. The second-order valence-electron chi connectivity index (χ2n) is 6.03. The van der Waals surface area contributed by atoms with Crippen molar-refractivity contribution in [1.29, 1.82) is 0 Å². The predicted molar refractivity (Wildman–Crippen MR) is 86.1 cm³/mol. The van der Waals surface area contributed by atoms with Gasteiger partial charge in [0.05, 0.1) is 10.8 Å². The zero-order valence-electron chi connectivity index (χ0n) is 13.2. The van der Waals surface area contributed by atoms with Crippen LogP contribution < -0.4 is 0 Å². The Labute approximate surface area is 140 Å². The molecule has 0 radical (unpaired) electrons. The van der Waals surface area contributed by atoms with E-state index < -0.39 is 10.0 Å². The van der Waals surface area contributed by atoms with E-state index in [1.165, 1.54) is 4.31 Å². The van der Waals surface area contributed by atoms with Gasteiger partial charge in [0.15, 0.2) is 5.82 Å². The monoisotopic (exact) mass is 355 g/mol. The van der Waals surface area contributed by atoms with Crippen LogP contribution in [0.25, 0.3) is 0 Å². The first kappa shape index (κ1) is 16.4. The van der Waals surface area contributed by atoms with Crippen LogP contribution in [0, 0.1) is 6.92 Å². The maximum absolute atomic E-state index is 12.7. The summed E-state index contributed by atoms with van der Waals surface area (Å²) in [5.41, 5.74) is 0.567. The largest absolute Gasteiger partial charge is 0.339 e. The molecule has 1 aliphatic rings. The van der Waals surface area contributed by atoms with E-state index in [4.69, 9.17) is 16.1 Å². The molecule has 2 aromatic rings. The Morgan fingerprint density at radius 3 is 2.65 bits per heavy atom. The summed E-state index contributed by atoms with van der Waals surface area (Å²) >= 11 is 6.03. The number of sulfonamides is 1. The third-order valence-electron chi connectivity index (χ3n) is 4.01. The van der Waals surface area contributed by atoms with E-state index in [0.717, 1.165) is 0 Å². The van der Waals surface area contributed by atoms with Gasteiger partial charge in [-0.25, -0.2) is 8.42 Å². The lowest BCUT2D eigenvalue weighted by atomic mass is 10.0. The normalized spacial score (nSPS) is 16.7. The summed E-state index contributed by atoms with van der Waals surface area (Å²) in [6.45, 7) is 6.35. The highest BCUT2D eigenvalue weighted by Crippen LogP contribution is 2.33. The van der Waals surface area contributed by atoms with Gasteiger partial charge in [0.25, 0.3) is 0 Å². The minimum atomic E-state index is -3.55. The number of halogens is 1. The lowest BCUT2D eigenvalue weighted by molar-refractivity contribution is 0.216. The van der Waals surface area contributed by atoms with Crippen LogP contribution in [-0.4, -0.2) is 36.0 Å². The number of hydrogen-bond donors (Lipinski definition) is 0. The summed E-state index contributed by atoms with van der Waals surface area (Å²) in [4.78, 5) is 4.58. The van der Waals surface area contributed by atoms with Crippen molar-refractivity contribution in [3.05, 3.63) is 40.5 Å². The van der Waals surface area contributed by atoms with Crippen molar-refractivity contribution in [2.75, 3.05) is 13.1 Å². The van der Waals surface area contributed by atoms with Crippen LogP contribution in [0.5, 0.6) is 0 Å². The van der Waals surface area contributed by atoms with Gasteiger partial charge in [-0.1, -0.05) is 36.7 Å². The van der Waals surface area contributed by atoms with Crippen LogP contribution in [0.3, 0.4) is 0 Å². The number of rotatable bonds is 4. The first-order valence-electron chi connectivity index (χ1n) is 7.39. The van der Waals surface area contributed by atoms with Gasteiger partial charge in [-0.15, -0.1) is 0 Å². The molecule has 0 bridgehead atoms. The third-order valence-corrected chi connectivity index (χ3v) is 6.39. The molecule has 0 amide bonds. The van der Waals surface area contributed by atoms with Crippen molar-refractivity contribution in [2.24, 2.45) is 0 Å². The van der Waals surface area contributed by atoms with Crippen molar-refractivity contribution in [2.45, 2.75) is 37.5 Å². The standard InChI is InChI=1S/C15H18ClN3O3S/c1-9(2)14-17-15(22-18-14)11-7-19(8-11)23(20,21)13-6-4-5-12(16)10(13)3/h4-6,9,11H,7-8H2,1-3H3. The summed E-state index contributed by atoms with van der Waals surface area (Å²) in [5.74, 6) is 1.28. The Bertz CT molecular complexity index is 826. The maximum Gasteiger partial charge on any atom is 0.243 e. The Balaban J connectivity index is 1.76. The molecule has 2 heterocycles. The Morgan fingerprint density at radius 1 is 1.35 bits per heavy atom. The lowest BCUT2D eigenvalue weighted by Crippen LogP contribution is -2.48. The van der Waals surface area contributed by atoms with Crippen LogP contribution in [0.15, 0.2) is 27.6 Å². The summed E-state index contributed by atoms with van der Waals surface area (Å²) < 4.78 is 32.0. The Hall–Kier alpha value is -1.44. The van der Waals surface area contributed by atoms with Gasteiger partial charge in [-0.3, -0.25) is 0 Å². The number of hydrogen-bond acceptors (Lipinski definition) is 5. The highest BCUT2D eigenvalue weighted by atomic mass is 35.5. The second-order valence-corrected chi connectivity index (χ2v) is 8.34. The Kier molecular flexibility index (Phi) is 4.20. The van der Waals surface area contributed by atoms with E-state index in [1.807, 2.05) is 13.8 Å². The molecule has 0 N–H and O–H groups in total. The predicted octanol–water partition coefficient (Wildman–Crippen LogP) is 2.94. The zero-order chi connectivity index (χ0) is 16.8. The molecule has 0 spiro atoms. The molecule has 1 aromatic heterocycles. The molecule has 1 saturated heterocycles. The molecule has 0 aliphatic carbocycles. The summed E-state index contributed by atoms with van der Waals surface area (Å²) in [7, 11) is -3.55. The first-order chi connectivity index (χ1) is 10.8. The highest BCUT2D eigenvalue weighted by Gasteiger charge is 2.41. The zero-order valence-corrected chi connectivity index (χ0v) is 14.7. The fourth-order valence-corrected chi connectivity index (χ4v) is 4.45. The van der Waals surface area contributed by atoms with Gasteiger partial charge in [0.2, 0.25) is 15.9 Å². The minimum Gasteiger partial charge on any atom is -0.339 e. The third kappa shape index (κ3) is 2.88. The SMILES string of the molecule is Cc1c(Cl)cccc1S(=O)(=O)N1CC(c2nc(C(C)C)no2)C1. The molecule has 1 aliphatic heterocycles. The molecule has 6 nitrogen and oxygen atoms in total. The number of aromatic nitrogens is 2. The topological polar surface area (TPSA) is 76.3 Å². The van der Waals surface area contributed by atoms with Gasteiger partial charge < -0.3 is 4.52 Å². The van der Waals surface area contributed by atoms with E-state index in [9.17, 15) is 8.42 Å². The van der Waals surface area contributed by atoms with Crippen molar-refractivity contribution in [3.63, 3.8) is 0 Å². The van der Waals surface area contributed by atoms with Crippen LogP contribution in [0.2, 0.25) is 5.02 Å². The fourth-order valence-electron chi connectivity index (χ4n) is 2.44. The molecule has 0 unspecified atom stereocenters. The van der Waals surface area contributed by atoms with E-state index >= 15 is 0 Å². The molecule has 0 saturated carbocycles. The quantitative estimate of drug-likeness (QED) is 0.842. The van der Waals surface area contributed by atoms with Gasteiger partial charge in [-0.2, -0.15) is 9.29 Å². The molecule has 124 valence electrons.